The Kier molecular flexibility index (Phi) is 2.69. The highest BCUT2D eigenvalue weighted by Gasteiger charge is 2.59. The predicted molar refractivity (Wildman–Crippen MR) is 70.5 cm³/mol. The van der Waals surface area contributed by atoms with Gasteiger partial charge in [0.15, 0.2) is 5.72 Å². The van der Waals surface area contributed by atoms with Crippen LogP contribution in [0.25, 0.3) is 0 Å². The van der Waals surface area contributed by atoms with Crippen LogP contribution < -0.4 is 0 Å². The summed E-state index contributed by atoms with van der Waals surface area (Å²) in [6.07, 6.45) is 3.87. The van der Waals surface area contributed by atoms with Crippen LogP contribution in [0.5, 0.6) is 0 Å². The second-order valence-electron chi connectivity index (χ2n) is 5.67. The molecule has 0 spiro atoms. The van der Waals surface area contributed by atoms with Crippen molar-refractivity contribution >= 4 is 5.91 Å². The number of amides is 1. The lowest BCUT2D eigenvalue weighted by Gasteiger charge is -2.47. The van der Waals surface area contributed by atoms with Crippen LogP contribution in [0.1, 0.15) is 48.0 Å². The average Bonchev–Trinajstić information content (AvgIpc) is 2.64. The van der Waals surface area contributed by atoms with E-state index in [9.17, 15) is 15.0 Å². The third kappa shape index (κ3) is 1.50. The van der Waals surface area contributed by atoms with Gasteiger partial charge in [0.05, 0.1) is 0 Å². The zero-order valence-corrected chi connectivity index (χ0v) is 11.1. The molecular weight excluding hydrogens is 242 g/mol. The first-order valence-electron chi connectivity index (χ1n) is 6.83. The molecule has 4 heteroatoms. The smallest absolute Gasteiger partial charge is 0.256 e. The average molecular weight is 261 g/mol. The number of nitrogens with zero attached hydrogens (tertiary/aromatic N) is 1. The summed E-state index contributed by atoms with van der Waals surface area (Å²) in [6, 6.07) is 7.02. The molecule has 1 aliphatic heterocycles. The normalized spacial score (nSPS) is 29.4. The van der Waals surface area contributed by atoms with E-state index in [1.54, 1.807) is 31.3 Å². The van der Waals surface area contributed by atoms with Crippen molar-refractivity contribution < 1.29 is 15.0 Å². The zero-order chi connectivity index (χ0) is 13.7. The number of carbonyl (C=O) groups is 1. The van der Waals surface area contributed by atoms with Crippen LogP contribution in [0.15, 0.2) is 24.3 Å². The van der Waals surface area contributed by atoms with E-state index in [2.05, 4.69) is 0 Å². The van der Waals surface area contributed by atoms with E-state index >= 15 is 0 Å². The third-order valence-electron chi connectivity index (χ3n) is 4.65. The van der Waals surface area contributed by atoms with Crippen molar-refractivity contribution in [1.82, 2.24) is 4.90 Å². The Labute approximate surface area is 112 Å². The van der Waals surface area contributed by atoms with Gasteiger partial charge in [0.25, 0.3) is 5.91 Å². The highest BCUT2D eigenvalue weighted by atomic mass is 16.4. The van der Waals surface area contributed by atoms with Crippen molar-refractivity contribution in [3.8, 4) is 0 Å². The Morgan fingerprint density at radius 3 is 2.42 bits per heavy atom. The molecule has 1 aliphatic carbocycles. The van der Waals surface area contributed by atoms with Crippen LogP contribution in [0.3, 0.4) is 0 Å². The molecule has 1 heterocycles. The molecule has 1 atom stereocenters. The lowest BCUT2D eigenvalue weighted by atomic mass is 9.74. The van der Waals surface area contributed by atoms with Gasteiger partial charge in [0, 0.05) is 18.2 Å². The Balaban J connectivity index is 2.15. The van der Waals surface area contributed by atoms with Gasteiger partial charge in [0.1, 0.15) is 5.60 Å². The van der Waals surface area contributed by atoms with Crippen LogP contribution in [0.4, 0.5) is 0 Å². The first-order chi connectivity index (χ1) is 9.01. The summed E-state index contributed by atoms with van der Waals surface area (Å²) in [5, 5.41) is 22.0. The van der Waals surface area contributed by atoms with Gasteiger partial charge in [0.2, 0.25) is 0 Å². The van der Waals surface area contributed by atoms with Crippen molar-refractivity contribution in [2.75, 3.05) is 7.05 Å². The standard InChI is InChI=1S/C15H19NO3/c1-16-13(17)11-7-3-4-8-12(11)15(16,19)14(18)9-5-2-6-10-14/h3-4,7-8,18-19H,2,5-6,9-10H2,1H3/t15-/m1/s1. The summed E-state index contributed by atoms with van der Waals surface area (Å²) < 4.78 is 0. The number of hydrogen-bond donors (Lipinski definition) is 2. The number of rotatable bonds is 1. The molecule has 2 N–H and O–H groups in total. The molecule has 1 fully saturated rings. The molecule has 1 saturated carbocycles. The number of likely N-dealkylation sites (N-methyl/N-ethyl adjacent to an activating group) is 1. The number of fused-ring (bicyclic) bond motifs is 1. The molecule has 0 saturated heterocycles. The second kappa shape index (κ2) is 4.05. The van der Waals surface area contributed by atoms with Gasteiger partial charge in [-0.15, -0.1) is 0 Å². The van der Waals surface area contributed by atoms with Gasteiger partial charge < -0.3 is 15.1 Å². The molecule has 1 amide bonds. The fraction of sp³-hybridized carbons (Fsp3) is 0.533. The highest BCUT2D eigenvalue weighted by Crippen LogP contribution is 2.49. The number of benzene rings is 1. The summed E-state index contributed by atoms with van der Waals surface area (Å²) in [5.41, 5.74) is -1.82. The molecule has 0 bridgehead atoms. The summed E-state index contributed by atoms with van der Waals surface area (Å²) in [5.74, 6) is -0.225. The Bertz CT molecular complexity index is 522. The molecule has 0 aromatic heterocycles. The molecule has 102 valence electrons. The Hall–Kier alpha value is -1.39. The molecule has 3 rings (SSSR count). The first kappa shape index (κ1) is 12.6. The fourth-order valence-electron chi connectivity index (χ4n) is 3.53. The van der Waals surface area contributed by atoms with Gasteiger partial charge in [-0.2, -0.15) is 0 Å². The van der Waals surface area contributed by atoms with Gasteiger partial charge in [-0.1, -0.05) is 37.5 Å². The maximum atomic E-state index is 12.3. The highest BCUT2D eigenvalue weighted by molar-refractivity contribution is 5.99. The first-order valence-corrected chi connectivity index (χ1v) is 6.83. The second-order valence-corrected chi connectivity index (χ2v) is 5.67. The van der Waals surface area contributed by atoms with E-state index in [4.69, 9.17) is 0 Å². The SMILES string of the molecule is CN1C(=O)c2ccccc2[C@@]1(O)C1(O)CCCCC1. The van der Waals surface area contributed by atoms with E-state index in [1.165, 1.54) is 4.90 Å². The van der Waals surface area contributed by atoms with Gasteiger partial charge >= 0.3 is 0 Å². The number of carbonyl (C=O) groups excluding carboxylic acids is 1. The molecule has 0 unspecified atom stereocenters. The minimum absolute atomic E-state index is 0.225. The Morgan fingerprint density at radius 1 is 1.11 bits per heavy atom. The van der Waals surface area contributed by atoms with Crippen LogP contribution in [0.2, 0.25) is 0 Å². The van der Waals surface area contributed by atoms with Crippen molar-refractivity contribution in [2.24, 2.45) is 0 Å². The monoisotopic (exact) mass is 261 g/mol. The van der Waals surface area contributed by atoms with Crippen molar-refractivity contribution in [2.45, 2.75) is 43.4 Å². The van der Waals surface area contributed by atoms with Gasteiger partial charge in [-0.3, -0.25) is 4.79 Å². The van der Waals surface area contributed by atoms with E-state index in [-0.39, 0.29) is 5.91 Å². The summed E-state index contributed by atoms with van der Waals surface area (Å²) in [4.78, 5) is 13.5. The minimum Gasteiger partial charge on any atom is -0.384 e. The van der Waals surface area contributed by atoms with Gasteiger partial charge in [-0.05, 0) is 18.9 Å². The number of hydrogen-bond acceptors (Lipinski definition) is 3. The topological polar surface area (TPSA) is 60.8 Å². The lowest BCUT2D eigenvalue weighted by Crippen LogP contribution is -2.59. The van der Waals surface area contributed by atoms with Crippen LogP contribution >= 0.6 is 0 Å². The molecule has 0 radical (unpaired) electrons. The van der Waals surface area contributed by atoms with Crippen molar-refractivity contribution in [3.63, 3.8) is 0 Å². The predicted octanol–water partition coefficient (Wildman–Crippen LogP) is 1.61. The van der Waals surface area contributed by atoms with E-state index < -0.39 is 11.3 Å². The quantitative estimate of drug-likeness (QED) is 0.807. The maximum Gasteiger partial charge on any atom is 0.256 e. The molecule has 1 aromatic rings. The van der Waals surface area contributed by atoms with E-state index in [1.807, 2.05) is 0 Å². The molecule has 1 aromatic carbocycles. The fourth-order valence-corrected chi connectivity index (χ4v) is 3.53. The van der Waals surface area contributed by atoms with Gasteiger partial charge in [-0.25, -0.2) is 0 Å². The molecule has 4 nitrogen and oxygen atoms in total. The van der Waals surface area contributed by atoms with Crippen molar-refractivity contribution in [3.05, 3.63) is 35.4 Å². The summed E-state index contributed by atoms with van der Waals surface area (Å²) >= 11 is 0. The largest absolute Gasteiger partial charge is 0.384 e. The van der Waals surface area contributed by atoms with Crippen molar-refractivity contribution in [1.29, 1.82) is 0 Å². The molecular formula is C15H19NO3. The molecule has 19 heavy (non-hydrogen) atoms. The lowest BCUT2D eigenvalue weighted by molar-refractivity contribution is -0.227. The van der Waals surface area contributed by atoms with E-state index in [0.717, 1.165) is 19.3 Å². The zero-order valence-electron chi connectivity index (χ0n) is 11.1. The molecule has 2 aliphatic rings. The minimum atomic E-state index is -1.60. The number of aliphatic hydroxyl groups is 2. The maximum absolute atomic E-state index is 12.3. The Morgan fingerprint density at radius 2 is 1.74 bits per heavy atom. The van der Waals surface area contributed by atoms with Crippen LogP contribution in [-0.2, 0) is 5.72 Å². The summed E-state index contributed by atoms with van der Waals surface area (Å²) in [6.45, 7) is 0. The van der Waals surface area contributed by atoms with E-state index in [0.29, 0.717) is 24.0 Å². The third-order valence-corrected chi connectivity index (χ3v) is 4.65. The van der Waals surface area contributed by atoms with Crippen LogP contribution in [-0.4, -0.2) is 33.7 Å². The van der Waals surface area contributed by atoms with Crippen LogP contribution in [0, 0.1) is 0 Å². The summed E-state index contributed by atoms with van der Waals surface area (Å²) in [7, 11) is 1.56.